The van der Waals surface area contributed by atoms with Gasteiger partial charge in [0.25, 0.3) is 0 Å². The van der Waals surface area contributed by atoms with Crippen molar-refractivity contribution in [3.63, 3.8) is 0 Å². The molecule has 194 valence electrons. The van der Waals surface area contributed by atoms with E-state index < -0.39 is 6.04 Å². The van der Waals surface area contributed by atoms with Crippen LogP contribution in [0.1, 0.15) is 34.6 Å². The van der Waals surface area contributed by atoms with Gasteiger partial charge in [0, 0.05) is 52.7 Å². The maximum Gasteiger partial charge on any atom is 0.310 e. The molecule has 5 rings (SSSR count). The van der Waals surface area contributed by atoms with Crippen LogP contribution in [0.3, 0.4) is 0 Å². The van der Waals surface area contributed by atoms with Gasteiger partial charge in [-0.15, -0.1) is 0 Å². The van der Waals surface area contributed by atoms with Crippen molar-refractivity contribution in [1.82, 2.24) is 14.6 Å². The topological polar surface area (TPSA) is 107 Å². The number of carbonyl (C=O) groups excluding carboxylic acids is 2. The average molecular weight is 513 g/mol. The van der Waals surface area contributed by atoms with Crippen molar-refractivity contribution < 1.29 is 23.8 Å². The van der Waals surface area contributed by atoms with Crippen molar-refractivity contribution in [2.45, 2.75) is 19.4 Å². The summed E-state index contributed by atoms with van der Waals surface area (Å²) < 4.78 is 17.7. The average Bonchev–Trinajstić information content (AvgIpc) is 3.55. The fraction of sp³-hybridized carbons (Fsp3) is 0.207. The highest BCUT2D eigenvalue weighted by Crippen LogP contribution is 2.32. The molecule has 0 amide bonds. The number of carbonyl (C=O) groups is 2. The van der Waals surface area contributed by atoms with Gasteiger partial charge >= 0.3 is 5.97 Å². The maximum atomic E-state index is 14.2. The van der Waals surface area contributed by atoms with Crippen LogP contribution in [0.5, 0.6) is 11.5 Å². The normalized spacial score (nSPS) is 11.9. The molecule has 0 aliphatic carbocycles. The molecule has 2 N–H and O–H groups in total. The highest BCUT2D eigenvalue weighted by Gasteiger charge is 2.27. The van der Waals surface area contributed by atoms with Crippen LogP contribution in [0, 0.1) is 0 Å². The van der Waals surface area contributed by atoms with Crippen molar-refractivity contribution in [1.29, 1.82) is 0 Å². The number of ketones is 1. The van der Waals surface area contributed by atoms with Crippen molar-refractivity contribution in [2.75, 3.05) is 26.1 Å². The molecule has 2 aromatic carbocycles. The Labute approximate surface area is 219 Å². The van der Waals surface area contributed by atoms with Gasteiger partial charge in [0.2, 0.25) is 0 Å². The molecule has 3 heterocycles. The molecule has 5 aromatic rings. The number of methoxy groups -OCH3 is 2. The minimum atomic E-state index is -0.820. The Balaban J connectivity index is 1.57. The van der Waals surface area contributed by atoms with Gasteiger partial charge in [0.1, 0.15) is 17.5 Å². The number of Topliss-reactive ketones (excluding diaryl/α,β-unsaturated/α-hetero) is 1. The second-order valence-corrected chi connectivity index (χ2v) is 8.75. The molecule has 9 heteroatoms. The van der Waals surface area contributed by atoms with Crippen LogP contribution >= 0.6 is 0 Å². The monoisotopic (exact) mass is 512 g/mol. The molecule has 38 heavy (non-hydrogen) atoms. The third-order valence-corrected chi connectivity index (χ3v) is 6.27. The number of pyridine rings is 1. The number of hydrogen-bond donors (Lipinski definition) is 2. The Bertz CT molecular complexity index is 1560. The minimum Gasteiger partial charge on any atom is -0.497 e. The summed E-state index contributed by atoms with van der Waals surface area (Å²) in [4.78, 5) is 29.4. The fourth-order valence-electron chi connectivity index (χ4n) is 4.45. The lowest BCUT2D eigenvalue weighted by molar-refractivity contribution is -0.142. The van der Waals surface area contributed by atoms with Crippen molar-refractivity contribution in [2.24, 2.45) is 0 Å². The third kappa shape index (κ3) is 5.04. The summed E-state index contributed by atoms with van der Waals surface area (Å²) in [6.45, 7) is 2.09. The number of rotatable bonds is 10. The van der Waals surface area contributed by atoms with E-state index >= 15 is 0 Å². The molecule has 0 radical (unpaired) electrons. The van der Waals surface area contributed by atoms with Gasteiger partial charge in [-0.2, -0.15) is 5.10 Å². The van der Waals surface area contributed by atoms with E-state index in [2.05, 4.69) is 15.4 Å². The van der Waals surface area contributed by atoms with Gasteiger partial charge in [0.05, 0.1) is 38.5 Å². The number of aromatic amines is 1. The van der Waals surface area contributed by atoms with E-state index in [1.165, 1.54) is 0 Å². The summed E-state index contributed by atoms with van der Waals surface area (Å²) in [5.74, 6) is 0.675. The first kappa shape index (κ1) is 24.9. The Morgan fingerprint density at radius 3 is 2.53 bits per heavy atom. The Kier molecular flexibility index (Phi) is 6.99. The van der Waals surface area contributed by atoms with E-state index in [9.17, 15) is 9.59 Å². The number of fused-ring (bicyclic) bond motifs is 2. The van der Waals surface area contributed by atoms with Crippen LogP contribution in [0.4, 0.5) is 5.69 Å². The van der Waals surface area contributed by atoms with Gasteiger partial charge in [-0.3, -0.25) is 9.59 Å². The Morgan fingerprint density at radius 1 is 1.03 bits per heavy atom. The van der Waals surface area contributed by atoms with Crippen LogP contribution in [0.25, 0.3) is 16.4 Å². The van der Waals surface area contributed by atoms with Gasteiger partial charge in [-0.1, -0.05) is 12.1 Å². The predicted octanol–water partition coefficient (Wildman–Crippen LogP) is 4.97. The molecule has 0 saturated carbocycles. The van der Waals surface area contributed by atoms with Crippen LogP contribution in [-0.4, -0.2) is 47.2 Å². The number of benzene rings is 2. The SMILES string of the molecule is CCOC(=O)Cc1ccc2[nH]cc(C(=O)C(Nc3cc(OC)cc(OC)c3)c3cc4ccccn4n3)c2c1. The van der Waals surface area contributed by atoms with E-state index in [0.717, 1.165) is 22.0 Å². The molecular formula is C29H28N4O5. The summed E-state index contributed by atoms with van der Waals surface area (Å²) in [6, 6.07) is 17.7. The van der Waals surface area contributed by atoms with Crippen molar-refractivity contribution in [3.8, 4) is 11.5 Å². The molecule has 0 spiro atoms. The number of H-pyrrole nitrogens is 1. The minimum absolute atomic E-state index is 0.125. The Morgan fingerprint density at radius 2 is 1.82 bits per heavy atom. The molecule has 0 aliphatic rings. The van der Waals surface area contributed by atoms with Gasteiger partial charge in [-0.05, 0) is 42.8 Å². The highest BCUT2D eigenvalue weighted by atomic mass is 16.5. The fourth-order valence-corrected chi connectivity index (χ4v) is 4.45. The Hall–Kier alpha value is -4.79. The van der Waals surface area contributed by atoms with E-state index in [1.807, 2.05) is 48.7 Å². The van der Waals surface area contributed by atoms with Crippen LogP contribution in [-0.2, 0) is 16.0 Å². The number of hydrogen-bond acceptors (Lipinski definition) is 7. The van der Waals surface area contributed by atoms with Crippen molar-refractivity contribution >= 4 is 33.9 Å². The zero-order valence-corrected chi connectivity index (χ0v) is 21.4. The summed E-state index contributed by atoms with van der Waals surface area (Å²) in [6.07, 6.45) is 3.65. The summed E-state index contributed by atoms with van der Waals surface area (Å²) in [5.41, 5.74) is 4.09. The van der Waals surface area contributed by atoms with Crippen LogP contribution < -0.4 is 14.8 Å². The van der Waals surface area contributed by atoms with Crippen LogP contribution in [0.15, 0.2) is 73.1 Å². The zero-order valence-electron chi connectivity index (χ0n) is 21.4. The molecule has 0 bridgehead atoms. The maximum absolute atomic E-state index is 14.2. The molecule has 0 fully saturated rings. The van der Waals surface area contributed by atoms with E-state index in [0.29, 0.717) is 35.1 Å². The second kappa shape index (κ2) is 10.7. The van der Waals surface area contributed by atoms with E-state index in [4.69, 9.17) is 14.2 Å². The van der Waals surface area contributed by atoms with Gasteiger partial charge in [-0.25, -0.2) is 4.52 Å². The lowest BCUT2D eigenvalue weighted by atomic mass is 9.99. The molecular weight excluding hydrogens is 484 g/mol. The molecule has 0 aliphatic heterocycles. The molecule has 1 atom stereocenters. The number of nitrogens with zero attached hydrogens (tertiary/aromatic N) is 2. The number of ether oxygens (including phenoxy) is 3. The smallest absolute Gasteiger partial charge is 0.310 e. The predicted molar refractivity (Wildman–Crippen MR) is 144 cm³/mol. The van der Waals surface area contributed by atoms with Crippen LogP contribution in [0.2, 0.25) is 0 Å². The first-order valence-corrected chi connectivity index (χ1v) is 12.2. The summed E-state index contributed by atoms with van der Waals surface area (Å²) in [7, 11) is 3.15. The quantitative estimate of drug-likeness (QED) is 0.201. The second-order valence-electron chi connectivity index (χ2n) is 8.75. The highest BCUT2D eigenvalue weighted by molar-refractivity contribution is 6.11. The number of aromatic nitrogens is 3. The zero-order chi connectivity index (χ0) is 26.6. The van der Waals surface area contributed by atoms with Gasteiger partial charge in [0.15, 0.2) is 5.78 Å². The summed E-state index contributed by atoms with van der Waals surface area (Å²) in [5, 5.41) is 8.75. The standard InChI is InChI=1S/C29H28N4O5/c1-4-38-27(34)12-18-8-9-25-23(11-18)24(17-30-25)29(35)28(26-15-20-7-5-6-10-33(20)32-26)31-19-13-21(36-2)16-22(14-19)37-3/h5-11,13-17,28,30-31H,4,12H2,1-3H3. The molecule has 3 aromatic heterocycles. The molecule has 0 saturated heterocycles. The number of nitrogens with one attached hydrogen (secondary N) is 2. The lowest BCUT2D eigenvalue weighted by Gasteiger charge is -2.18. The summed E-state index contributed by atoms with van der Waals surface area (Å²) >= 11 is 0. The van der Waals surface area contributed by atoms with Gasteiger partial charge < -0.3 is 24.5 Å². The van der Waals surface area contributed by atoms with E-state index in [1.54, 1.807) is 50.1 Å². The molecule has 9 nitrogen and oxygen atoms in total. The first-order chi connectivity index (χ1) is 18.5. The number of anilines is 1. The van der Waals surface area contributed by atoms with E-state index in [-0.39, 0.29) is 18.2 Å². The lowest BCUT2D eigenvalue weighted by Crippen LogP contribution is -2.22. The first-order valence-electron chi connectivity index (χ1n) is 12.2. The number of esters is 1. The van der Waals surface area contributed by atoms with Crippen molar-refractivity contribution in [3.05, 3.63) is 89.9 Å². The largest absolute Gasteiger partial charge is 0.497 e. The third-order valence-electron chi connectivity index (χ3n) is 6.27. The molecule has 1 unspecified atom stereocenters.